The molecule has 1 aromatic carbocycles. The van der Waals surface area contributed by atoms with Crippen LogP contribution in [0.15, 0.2) is 18.2 Å². The molecule has 2 unspecified atom stereocenters. The molecule has 0 aliphatic heterocycles. The largest absolute Gasteiger partial charge is 0.459 e. The van der Waals surface area contributed by atoms with Gasteiger partial charge in [0.05, 0.1) is 16.3 Å². The second-order valence-corrected chi connectivity index (χ2v) is 7.03. The number of benzene rings is 1. The fraction of sp³-hybridized carbons (Fsp3) is 0.562. The SMILES string of the molecule is CC1CC(OC(=O)c2cccc(N)c2Cl)CC(C)(C)C1. The molecule has 0 amide bonds. The lowest BCUT2D eigenvalue weighted by Gasteiger charge is -2.38. The van der Waals surface area contributed by atoms with E-state index in [-0.39, 0.29) is 22.5 Å². The molecular formula is C16H22ClNO2. The third-order valence-electron chi connectivity index (χ3n) is 3.87. The maximum Gasteiger partial charge on any atom is 0.340 e. The summed E-state index contributed by atoms with van der Waals surface area (Å²) in [6.07, 6.45) is 2.93. The molecule has 1 fully saturated rings. The standard InChI is InChI=1S/C16H22ClNO2/c1-10-7-11(9-16(2,3)8-10)20-15(19)12-5-4-6-13(18)14(12)17/h4-6,10-11H,7-9,18H2,1-3H3. The van der Waals surface area contributed by atoms with Crippen LogP contribution in [0, 0.1) is 11.3 Å². The Kier molecular flexibility index (Phi) is 4.28. The van der Waals surface area contributed by atoms with Crippen molar-refractivity contribution in [2.24, 2.45) is 11.3 Å². The molecule has 1 aliphatic rings. The highest BCUT2D eigenvalue weighted by Crippen LogP contribution is 2.40. The Hall–Kier alpha value is -1.22. The molecule has 0 spiro atoms. The Morgan fingerprint density at radius 3 is 2.75 bits per heavy atom. The lowest BCUT2D eigenvalue weighted by molar-refractivity contribution is -0.00712. The van der Waals surface area contributed by atoms with Crippen LogP contribution >= 0.6 is 11.6 Å². The summed E-state index contributed by atoms with van der Waals surface area (Å²) in [4.78, 5) is 12.2. The molecule has 0 saturated heterocycles. The van der Waals surface area contributed by atoms with Crippen LogP contribution in [0.1, 0.15) is 50.4 Å². The fourth-order valence-electron chi connectivity index (χ4n) is 3.27. The predicted molar refractivity (Wildman–Crippen MR) is 81.9 cm³/mol. The molecule has 1 aliphatic carbocycles. The zero-order valence-corrected chi connectivity index (χ0v) is 13.0. The zero-order chi connectivity index (χ0) is 14.9. The van der Waals surface area contributed by atoms with E-state index in [0.717, 1.165) is 12.8 Å². The number of carbonyl (C=O) groups excluding carboxylic acids is 1. The molecule has 1 saturated carbocycles. The van der Waals surface area contributed by atoms with Crippen molar-refractivity contribution in [3.63, 3.8) is 0 Å². The molecule has 2 N–H and O–H groups in total. The second-order valence-electron chi connectivity index (χ2n) is 6.65. The first-order valence-corrected chi connectivity index (χ1v) is 7.41. The summed E-state index contributed by atoms with van der Waals surface area (Å²) in [5.74, 6) is 0.185. The molecule has 1 aromatic rings. The molecule has 2 atom stereocenters. The maximum absolute atomic E-state index is 12.2. The summed E-state index contributed by atoms with van der Waals surface area (Å²) in [7, 11) is 0. The predicted octanol–water partition coefficient (Wildman–Crippen LogP) is 4.29. The van der Waals surface area contributed by atoms with Gasteiger partial charge in [0.2, 0.25) is 0 Å². The van der Waals surface area contributed by atoms with Gasteiger partial charge in [-0.05, 0) is 42.7 Å². The molecule has 3 nitrogen and oxygen atoms in total. The number of nitrogens with two attached hydrogens (primary N) is 1. The lowest BCUT2D eigenvalue weighted by Crippen LogP contribution is -2.34. The Morgan fingerprint density at radius 1 is 1.40 bits per heavy atom. The molecule has 0 aromatic heterocycles. The van der Waals surface area contributed by atoms with Crippen LogP contribution in [0.3, 0.4) is 0 Å². The molecule has 0 radical (unpaired) electrons. The van der Waals surface area contributed by atoms with Crippen molar-refractivity contribution in [1.82, 2.24) is 0 Å². The Labute approximate surface area is 125 Å². The van der Waals surface area contributed by atoms with Gasteiger partial charge in [-0.3, -0.25) is 0 Å². The van der Waals surface area contributed by atoms with Gasteiger partial charge in [0.1, 0.15) is 6.10 Å². The summed E-state index contributed by atoms with van der Waals surface area (Å²) in [6, 6.07) is 5.04. The van der Waals surface area contributed by atoms with Crippen LogP contribution in [0.5, 0.6) is 0 Å². The van der Waals surface area contributed by atoms with Crippen molar-refractivity contribution in [2.45, 2.75) is 46.1 Å². The minimum absolute atomic E-state index is 0.0428. The highest BCUT2D eigenvalue weighted by atomic mass is 35.5. The first kappa shape index (κ1) is 15.2. The second kappa shape index (κ2) is 5.65. The van der Waals surface area contributed by atoms with Crippen molar-refractivity contribution in [3.05, 3.63) is 28.8 Å². The first-order valence-electron chi connectivity index (χ1n) is 7.03. The van der Waals surface area contributed by atoms with E-state index in [1.807, 2.05) is 0 Å². The van der Waals surface area contributed by atoms with Crippen LogP contribution in [0.4, 0.5) is 5.69 Å². The highest BCUT2D eigenvalue weighted by molar-refractivity contribution is 6.36. The Balaban J connectivity index is 2.10. The number of anilines is 1. The van der Waals surface area contributed by atoms with Crippen molar-refractivity contribution in [1.29, 1.82) is 0 Å². The molecule has 110 valence electrons. The molecule has 0 heterocycles. The number of ether oxygens (including phenoxy) is 1. The van der Waals surface area contributed by atoms with E-state index in [4.69, 9.17) is 22.1 Å². The van der Waals surface area contributed by atoms with Gasteiger partial charge >= 0.3 is 5.97 Å². The summed E-state index contributed by atoms with van der Waals surface area (Å²) < 4.78 is 5.64. The van der Waals surface area contributed by atoms with E-state index in [9.17, 15) is 4.79 Å². The van der Waals surface area contributed by atoms with E-state index in [1.165, 1.54) is 6.42 Å². The molecule has 2 rings (SSSR count). The van der Waals surface area contributed by atoms with E-state index < -0.39 is 0 Å². The monoisotopic (exact) mass is 295 g/mol. The maximum atomic E-state index is 12.2. The van der Waals surface area contributed by atoms with E-state index >= 15 is 0 Å². The fourth-order valence-corrected chi connectivity index (χ4v) is 3.47. The van der Waals surface area contributed by atoms with Gasteiger partial charge in [0.25, 0.3) is 0 Å². The normalized spacial score (nSPS) is 25.2. The van der Waals surface area contributed by atoms with Crippen LogP contribution in [-0.4, -0.2) is 12.1 Å². The first-order chi connectivity index (χ1) is 9.28. The van der Waals surface area contributed by atoms with Crippen LogP contribution < -0.4 is 5.73 Å². The minimum atomic E-state index is -0.378. The van der Waals surface area contributed by atoms with Gasteiger partial charge in [-0.1, -0.05) is 38.4 Å². The minimum Gasteiger partial charge on any atom is -0.459 e. The summed E-state index contributed by atoms with van der Waals surface area (Å²) in [5.41, 5.74) is 6.68. The van der Waals surface area contributed by atoms with Crippen LogP contribution in [0.2, 0.25) is 5.02 Å². The van der Waals surface area contributed by atoms with Crippen LogP contribution in [0.25, 0.3) is 0 Å². The van der Waals surface area contributed by atoms with Crippen molar-refractivity contribution in [2.75, 3.05) is 5.73 Å². The van der Waals surface area contributed by atoms with E-state index in [0.29, 0.717) is 17.2 Å². The topological polar surface area (TPSA) is 52.3 Å². The van der Waals surface area contributed by atoms with Gasteiger partial charge in [0.15, 0.2) is 0 Å². The number of hydrogen-bond acceptors (Lipinski definition) is 3. The number of carbonyl (C=O) groups is 1. The van der Waals surface area contributed by atoms with Crippen molar-refractivity contribution < 1.29 is 9.53 Å². The van der Waals surface area contributed by atoms with E-state index in [1.54, 1.807) is 18.2 Å². The van der Waals surface area contributed by atoms with Gasteiger partial charge < -0.3 is 10.5 Å². The zero-order valence-electron chi connectivity index (χ0n) is 12.3. The Bertz CT molecular complexity index is 513. The number of rotatable bonds is 2. The Morgan fingerprint density at radius 2 is 2.10 bits per heavy atom. The van der Waals surface area contributed by atoms with Crippen LogP contribution in [-0.2, 0) is 4.74 Å². The summed E-state index contributed by atoms with van der Waals surface area (Å²) in [5, 5.41) is 0.278. The summed E-state index contributed by atoms with van der Waals surface area (Å²) in [6.45, 7) is 6.64. The third kappa shape index (κ3) is 3.45. The van der Waals surface area contributed by atoms with Crippen molar-refractivity contribution in [3.8, 4) is 0 Å². The number of esters is 1. The van der Waals surface area contributed by atoms with E-state index in [2.05, 4.69) is 20.8 Å². The highest BCUT2D eigenvalue weighted by Gasteiger charge is 2.34. The quantitative estimate of drug-likeness (QED) is 0.654. The van der Waals surface area contributed by atoms with Crippen molar-refractivity contribution >= 4 is 23.3 Å². The smallest absolute Gasteiger partial charge is 0.340 e. The summed E-state index contributed by atoms with van der Waals surface area (Å²) >= 11 is 6.06. The molecular weight excluding hydrogens is 274 g/mol. The van der Waals surface area contributed by atoms with Gasteiger partial charge in [-0.25, -0.2) is 4.79 Å². The molecule has 20 heavy (non-hydrogen) atoms. The lowest BCUT2D eigenvalue weighted by atomic mass is 9.71. The average molecular weight is 296 g/mol. The molecule has 0 bridgehead atoms. The number of nitrogen functional groups attached to an aromatic ring is 1. The average Bonchev–Trinajstić information content (AvgIpc) is 2.29. The number of halogens is 1. The van der Waals surface area contributed by atoms with Gasteiger partial charge in [-0.15, -0.1) is 0 Å². The number of hydrogen-bond donors (Lipinski definition) is 1. The third-order valence-corrected chi connectivity index (χ3v) is 4.29. The molecule has 4 heteroatoms. The van der Waals surface area contributed by atoms with Gasteiger partial charge in [-0.2, -0.15) is 0 Å². The van der Waals surface area contributed by atoms with Gasteiger partial charge in [0, 0.05) is 0 Å².